The smallest absolute Gasteiger partial charge is 0.274 e. The predicted octanol–water partition coefficient (Wildman–Crippen LogP) is -0.790. The van der Waals surface area contributed by atoms with E-state index in [1.165, 1.54) is 22.8 Å². The second-order valence-corrected chi connectivity index (χ2v) is 3.56. The van der Waals surface area contributed by atoms with Crippen LogP contribution < -0.4 is 11.1 Å². The molecule has 7 heteroatoms. The summed E-state index contributed by atoms with van der Waals surface area (Å²) >= 11 is 0. The molecule has 1 rings (SSSR count). The zero-order valence-corrected chi connectivity index (χ0v) is 10.2. The van der Waals surface area contributed by atoms with Gasteiger partial charge in [0.15, 0.2) is 0 Å². The van der Waals surface area contributed by atoms with Crippen molar-refractivity contribution in [3.8, 4) is 0 Å². The summed E-state index contributed by atoms with van der Waals surface area (Å²) in [4.78, 5) is 24.8. The van der Waals surface area contributed by atoms with Crippen molar-refractivity contribution in [1.82, 2.24) is 20.0 Å². The molecule has 0 atom stereocenters. The normalized spacial score (nSPS) is 10.1. The van der Waals surface area contributed by atoms with Crippen molar-refractivity contribution in [3.05, 3.63) is 11.9 Å². The number of hydrogen-bond donors (Lipinski definition) is 2. The van der Waals surface area contributed by atoms with Crippen LogP contribution in [0, 0.1) is 0 Å². The van der Waals surface area contributed by atoms with Crippen LogP contribution >= 0.6 is 0 Å². The minimum atomic E-state index is -0.298. The molecule has 0 fully saturated rings. The summed E-state index contributed by atoms with van der Waals surface area (Å²) in [5.41, 5.74) is 6.28. The van der Waals surface area contributed by atoms with E-state index in [2.05, 4.69) is 10.4 Å². The maximum atomic E-state index is 12.1. The van der Waals surface area contributed by atoms with E-state index in [0.717, 1.165) is 0 Å². The highest BCUT2D eigenvalue weighted by Gasteiger charge is 2.22. The summed E-state index contributed by atoms with van der Waals surface area (Å²) in [6.07, 6.45) is 1.42. The predicted molar refractivity (Wildman–Crippen MR) is 63.3 cm³/mol. The zero-order valence-electron chi connectivity index (χ0n) is 10.2. The van der Waals surface area contributed by atoms with E-state index in [4.69, 9.17) is 5.73 Å². The number of aryl methyl sites for hydroxylation is 1. The molecule has 1 heterocycles. The van der Waals surface area contributed by atoms with Gasteiger partial charge < -0.3 is 16.0 Å². The van der Waals surface area contributed by atoms with Crippen LogP contribution in [-0.4, -0.2) is 46.6 Å². The maximum Gasteiger partial charge on any atom is 0.274 e. The number of anilines is 1. The molecule has 0 aliphatic heterocycles. The van der Waals surface area contributed by atoms with Gasteiger partial charge in [0.25, 0.3) is 5.91 Å². The molecule has 1 aromatic heterocycles. The van der Waals surface area contributed by atoms with E-state index in [-0.39, 0.29) is 18.4 Å². The van der Waals surface area contributed by atoms with Crippen LogP contribution in [-0.2, 0) is 11.8 Å². The Labute approximate surface area is 99.6 Å². The molecule has 17 heavy (non-hydrogen) atoms. The standard InChI is InChI=1S/C10H17N5O2/c1-4-15(6-8(16)12-2)10(17)9-7(11)5-13-14(9)3/h5H,4,6,11H2,1-3H3,(H,12,16). The molecule has 0 bridgehead atoms. The minimum Gasteiger partial charge on any atom is -0.396 e. The summed E-state index contributed by atoms with van der Waals surface area (Å²) in [5, 5.41) is 6.37. The first-order valence-electron chi connectivity index (χ1n) is 5.28. The molecule has 0 aromatic carbocycles. The summed E-state index contributed by atoms with van der Waals surface area (Å²) in [7, 11) is 3.16. The van der Waals surface area contributed by atoms with E-state index in [1.54, 1.807) is 14.0 Å². The van der Waals surface area contributed by atoms with Crippen LogP contribution in [0.4, 0.5) is 5.69 Å². The van der Waals surface area contributed by atoms with Crippen LogP contribution in [0.3, 0.4) is 0 Å². The topological polar surface area (TPSA) is 93.2 Å². The second-order valence-electron chi connectivity index (χ2n) is 3.56. The highest BCUT2D eigenvalue weighted by molar-refractivity contribution is 5.99. The molecule has 2 amide bonds. The number of nitrogen functional groups attached to an aromatic ring is 1. The fraction of sp³-hybridized carbons (Fsp3) is 0.500. The van der Waals surface area contributed by atoms with Crippen LogP contribution in [0.2, 0.25) is 0 Å². The molecule has 3 N–H and O–H groups in total. The van der Waals surface area contributed by atoms with Gasteiger partial charge in [0.2, 0.25) is 5.91 Å². The summed E-state index contributed by atoms with van der Waals surface area (Å²) in [5.74, 6) is -0.519. The number of hydrogen-bond acceptors (Lipinski definition) is 4. The van der Waals surface area contributed by atoms with Crippen molar-refractivity contribution in [3.63, 3.8) is 0 Å². The van der Waals surface area contributed by atoms with Crippen LogP contribution in [0.25, 0.3) is 0 Å². The number of carbonyl (C=O) groups excluding carboxylic acids is 2. The molecule has 94 valence electrons. The molecule has 0 saturated heterocycles. The number of nitrogens with one attached hydrogen (secondary N) is 1. The van der Waals surface area contributed by atoms with Gasteiger partial charge in [0.1, 0.15) is 5.69 Å². The lowest BCUT2D eigenvalue weighted by atomic mass is 10.3. The number of likely N-dealkylation sites (N-methyl/N-ethyl adjacent to an activating group) is 2. The number of amides is 2. The van der Waals surface area contributed by atoms with Crippen molar-refractivity contribution in [2.24, 2.45) is 7.05 Å². The molecule has 0 unspecified atom stereocenters. The third kappa shape index (κ3) is 2.74. The molecule has 7 nitrogen and oxygen atoms in total. The quantitative estimate of drug-likeness (QED) is 0.720. The second kappa shape index (κ2) is 5.33. The van der Waals surface area contributed by atoms with Gasteiger partial charge in [-0.2, -0.15) is 5.10 Å². The molecule has 0 radical (unpaired) electrons. The first kappa shape index (κ1) is 13.0. The molecular weight excluding hydrogens is 222 g/mol. The highest BCUT2D eigenvalue weighted by atomic mass is 16.2. The van der Waals surface area contributed by atoms with Gasteiger partial charge >= 0.3 is 0 Å². The van der Waals surface area contributed by atoms with E-state index >= 15 is 0 Å². The number of nitrogens with two attached hydrogens (primary N) is 1. The van der Waals surface area contributed by atoms with Gasteiger partial charge in [-0.3, -0.25) is 14.3 Å². The lowest BCUT2D eigenvalue weighted by Crippen LogP contribution is -2.40. The average molecular weight is 239 g/mol. The van der Waals surface area contributed by atoms with Gasteiger partial charge in [-0.05, 0) is 6.92 Å². The van der Waals surface area contributed by atoms with Crippen LogP contribution in [0.1, 0.15) is 17.4 Å². The van der Waals surface area contributed by atoms with E-state index in [9.17, 15) is 9.59 Å². The first-order valence-corrected chi connectivity index (χ1v) is 5.28. The van der Waals surface area contributed by atoms with E-state index < -0.39 is 0 Å². The van der Waals surface area contributed by atoms with E-state index in [1.807, 2.05) is 0 Å². The zero-order chi connectivity index (χ0) is 13.0. The molecule has 0 saturated carbocycles. The lowest BCUT2D eigenvalue weighted by molar-refractivity contribution is -0.121. The number of carbonyl (C=O) groups is 2. The van der Waals surface area contributed by atoms with Crippen LogP contribution in [0.15, 0.2) is 6.20 Å². The minimum absolute atomic E-state index is 0.0104. The monoisotopic (exact) mass is 239 g/mol. The highest BCUT2D eigenvalue weighted by Crippen LogP contribution is 2.12. The van der Waals surface area contributed by atoms with Gasteiger partial charge in [0.05, 0.1) is 18.4 Å². The Bertz CT molecular complexity index is 407. The Morgan fingerprint density at radius 3 is 2.65 bits per heavy atom. The average Bonchev–Trinajstić information content (AvgIpc) is 2.64. The molecule has 0 spiro atoms. The van der Waals surface area contributed by atoms with Crippen molar-refractivity contribution in [2.75, 3.05) is 25.9 Å². The molecular formula is C10H17N5O2. The fourth-order valence-electron chi connectivity index (χ4n) is 1.45. The lowest BCUT2D eigenvalue weighted by Gasteiger charge is -2.20. The molecule has 1 aromatic rings. The van der Waals surface area contributed by atoms with Crippen molar-refractivity contribution in [1.29, 1.82) is 0 Å². The number of aromatic nitrogens is 2. The number of nitrogens with zero attached hydrogens (tertiary/aromatic N) is 3. The van der Waals surface area contributed by atoms with Gasteiger partial charge in [-0.1, -0.05) is 0 Å². The van der Waals surface area contributed by atoms with Gasteiger partial charge in [-0.15, -0.1) is 0 Å². The van der Waals surface area contributed by atoms with E-state index in [0.29, 0.717) is 17.9 Å². The number of rotatable bonds is 4. The Balaban J connectivity index is 2.90. The summed E-state index contributed by atoms with van der Waals surface area (Å²) in [6, 6.07) is 0. The maximum absolute atomic E-state index is 12.1. The first-order chi connectivity index (χ1) is 8.01. The SMILES string of the molecule is CCN(CC(=O)NC)C(=O)c1c(N)cnn1C. The van der Waals surface area contributed by atoms with Crippen molar-refractivity contribution < 1.29 is 9.59 Å². The Kier molecular flexibility index (Phi) is 4.08. The largest absolute Gasteiger partial charge is 0.396 e. The Hall–Kier alpha value is -2.05. The van der Waals surface area contributed by atoms with Crippen molar-refractivity contribution in [2.45, 2.75) is 6.92 Å². The third-order valence-electron chi connectivity index (χ3n) is 2.45. The Morgan fingerprint density at radius 2 is 2.24 bits per heavy atom. The van der Waals surface area contributed by atoms with Crippen LogP contribution in [0.5, 0.6) is 0 Å². The summed E-state index contributed by atoms with van der Waals surface area (Å²) in [6.45, 7) is 2.24. The molecule has 0 aliphatic rings. The Morgan fingerprint density at radius 1 is 1.59 bits per heavy atom. The summed E-state index contributed by atoms with van der Waals surface area (Å²) < 4.78 is 1.41. The fourth-order valence-corrected chi connectivity index (χ4v) is 1.45. The van der Waals surface area contributed by atoms with Gasteiger partial charge in [0, 0.05) is 20.6 Å². The molecule has 0 aliphatic carbocycles. The van der Waals surface area contributed by atoms with Crippen molar-refractivity contribution >= 4 is 17.5 Å². The third-order valence-corrected chi connectivity index (χ3v) is 2.45. The van der Waals surface area contributed by atoms with Gasteiger partial charge in [-0.25, -0.2) is 0 Å².